The smallest absolute Gasteiger partial charge is 0.222 e. The predicted molar refractivity (Wildman–Crippen MR) is 64.3 cm³/mol. The molecule has 3 heteroatoms. The highest BCUT2D eigenvalue weighted by atomic mass is 16.2. The third kappa shape index (κ3) is 3.48. The molecule has 91 valence electrons. The van der Waals surface area contributed by atoms with E-state index in [0.29, 0.717) is 11.8 Å². The highest BCUT2D eigenvalue weighted by Crippen LogP contribution is 2.18. The van der Waals surface area contributed by atoms with Crippen molar-refractivity contribution >= 4 is 5.91 Å². The van der Waals surface area contributed by atoms with Gasteiger partial charge in [-0.05, 0) is 44.4 Å². The second-order valence-corrected chi connectivity index (χ2v) is 5.12. The second kappa shape index (κ2) is 6.24. The molecule has 0 saturated carbocycles. The van der Waals surface area contributed by atoms with E-state index in [2.05, 4.69) is 10.2 Å². The van der Waals surface area contributed by atoms with Gasteiger partial charge in [0.2, 0.25) is 5.91 Å². The molecule has 1 radical (unpaired) electrons. The first kappa shape index (κ1) is 11.9. The molecular weight excluding hydrogens is 200 g/mol. The van der Waals surface area contributed by atoms with Crippen LogP contribution in [-0.4, -0.2) is 37.0 Å². The summed E-state index contributed by atoms with van der Waals surface area (Å²) >= 11 is 0. The summed E-state index contributed by atoms with van der Waals surface area (Å²) in [5, 5.41) is 4.42. The normalized spacial score (nSPS) is 26.8. The van der Waals surface area contributed by atoms with Crippen molar-refractivity contribution in [3.05, 3.63) is 0 Å². The van der Waals surface area contributed by atoms with E-state index in [9.17, 15) is 4.79 Å². The summed E-state index contributed by atoms with van der Waals surface area (Å²) in [6, 6.07) is 0. The molecule has 0 aliphatic carbocycles. The van der Waals surface area contributed by atoms with E-state index in [1.165, 1.54) is 32.1 Å². The maximum atomic E-state index is 11.9. The zero-order chi connectivity index (χ0) is 11.2. The lowest BCUT2D eigenvalue weighted by molar-refractivity contribution is -0.132. The maximum Gasteiger partial charge on any atom is 0.222 e. The minimum Gasteiger partial charge on any atom is -0.343 e. The Bertz CT molecular complexity index is 218. The fourth-order valence-electron chi connectivity index (χ4n) is 2.72. The van der Waals surface area contributed by atoms with E-state index in [-0.39, 0.29) is 0 Å². The van der Waals surface area contributed by atoms with E-state index in [1.807, 2.05) is 0 Å². The van der Waals surface area contributed by atoms with Crippen molar-refractivity contribution in [2.75, 3.05) is 26.2 Å². The van der Waals surface area contributed by atoms with Gasteiger partial charge < -0.3 is 4.90 Å². The zero-order valence-corrected chi connectivity index (χ0v) is 10.2. The molecule has 0 bridgehead atoms. The van der Waals surface area contributed by atoms with E-state index in [0.717, 1.165) is 39.0 Å². The Hall–Kier alpha value is -0.570. The van der Waals surface area contributed by atoms with Crippen LogP contribution < -0.4 is 5.32 Å². The van der Waals surface area contributed by atoms with Crippen LogP contribution >= 0.6 is 0 Å². The number of carbonyl (C=O) groups is 1. The average molecular weight is 223 g/mol. The largest absolute Gasteiger partial charge is 0.343 e. The fourth-order valence-corrected chi connectivity index (χ4v) is 2.72. The first-order chi connectivity index (χ1) is 7.86. The monoisotopic (exact) mass is 223 g/mol. The van der Waals surface area contributed by atoms with Crippen LogP contribution in [0.1, 0.15) is 44.9 Å². The van der Waals surface area contributed by atoms with Gasteiger partial charge in [0.25, 0.3) is 0 Å². The topological polar surface area (TPSA) is 34.4 Å². The number of piperidine rings is 2. The number of hydrogen-bond acceptors (Lipinski definition) is 1. The Kier molecular flexibility index (Phi) is 4.64. The molecular formula is C13H23N2O. The first-order valence-corrected chi connectivity index (χ1v) is 6.77. The van der Waals surface area contributed by atoms with E-state index < -0.39 is 0 Å². The number of likely N-dealkylation sites (tertiary alicyclic amines) is 1. The molecule has 2 rings (SSSR count). The van der Waals surface area contributed by atoms with Crippen molar-refractivity contribution in [1.29, 1.82) is 0 Å². The Morgan fingerprint density at radius 3 is 2.69 bits per heavy atom. The van der Waals surface area contributed by atoms with Crippen molar-refractivity contribution < 1.29 is 4.79 Å². The summed E-state index contributed by atoms with van der Waals surface area (Å²) in [7, 11) is 0. The van der Waals surface area contributed by atoms with Gasteiger partial charge in [0.15, 0.2) is 0 Å². The highest BCUT2D eigenvalue weighted by Gasteiger charge is 2.19. The maximum absolute atomic E-state index is 11.9. The molecule has 2 saturated heterocycles. The molecule has 1 unspecified atom stereocenters. The summed E-state index contributed by atoms with van der Waals surface area (Å²) in [6.45, 7) is 4.02. The highest BCUT2D eigenvalue weighted by molar-refractivity contribution is 5.76. The number of rotatable bonds is 3. The molecule has 1 amide bonds. The summed E-state index contributed by atoms with van der Waals surface area (Å²) in [5.74, 6) is 1.06. The fraction of sp³-hybridized carbons (Fsp3) is 0.923. The summed E-state index contributed by atoms with van der Waals surface area (Å²) < 4.78 is 0. The van der Waals surface area contributed by atoms with Gasteiger partial charge in [-0.15, -0.1) is 0 Å². The molecule has 0 N–H and O–H groups in total. The lowest BCUT2D eigenvalue weighted by Gasteiger charge is -2.28. The summed E-state index contributed by atoms with van der Waals surface area (Å²) in [4.78, 5) is 14.0. The van der Waals surface area contributed by atoms with Crippen molar-refractivity contribution in [2.45, 2.75) is 44.9 Å². The Balaban J connectivity index is 1.65. The van der Waals surface area contributed by atoms with Crippen LogP contribution in [0, 0.1) is 5.92 Å². The number of carbonyl (C=O) groups excluding carboxylic acids is 1. The van der Waals surface area contributed by atoms with Crippen LogP contribution in [0.2, 0.25) is 0 Å². The second-order valence-electron chi connectivity index (χ2n) is 5.12. The van der Waals surface area contributed by atoms with Gasteiger partial charge in [-0.1, -0.05) is 0 Å². The van der Waals surface area contributed by atoms with Crippen LogP contribution in [0.25, 0.3) is 0 Å². The minimum atomic E-state index is 0.380. The minimum absolute atomic E-state index is 0.380. The number of amides is 1. The van der Waals surface area contributed by atoms with Gasteiger partial charge in [0.1, 0.15) is 0 Å². The molecule has 2 aliphatic rings. The lowest BCUT2D eigenvalue weighted by Crippen LogP contribution is -2.36. The van der Waals surface area contributed by atoms with Crippen molar-refractivity contribution in [1.82, 2.24) is 10.2 Å². The average Bonchev–Trinajstić information content (AvgIpc) is 2.38. The van der Waals surface area contributed by atoms with Crippen molar-refractivity contribution in [3.63, 3.8) is 0 Å². The SMILES string of the molecule is O=C(CCC1CCC[N]C1)N1CCCCC1. The van der Waals surface area contributed by atoms with Gasteiger partial charge in [-0.25, -0.2) is 5.32 Å². The molecule has 0 aromatic heterocycles. The number of hydrogen-bond donors (Lipinski definition) is 0. The summed E-state index contributed by atoms with van der Waals surface area (Å²) in [5.41, 5.74) is 0. The molecule has 2 heterocycles. The van der Waals surface area contributed by atoms with Gasteiger partial charge >= 0.3 is 0 Å². The first-order valence-electron chi connectivity index (χ1n) is 6.77. The summed E-state index contributed by atoms with van der Waals surface area (Å²) in [6.07, 6.45) is 8.00. The molecule has 0 spiro atoms. The van der Waals surface area contributed by atoms with Gasteiger partial charge in [0, 0.05) is 32.6 Å². The van der Waals surface area contributed by atoms with Crippen LogP contribution in [-0.2, 0) is 4.79 Å². The van der Waals surface area contributed by atoms with Gasteiger partial charge in [-0.3, -0.25) is 4.79 Å². The Morgan fingerprint density at radius 2 is 2.00 bits per heavy atom. The number of nitrogens with zero attached hydrogens (tertiary/aromatic N) is 2. The quantitative estimate of drug-likeness (QED) is 0.718. The third-order valence-corrected chi connectivity index (χ3v) is 3.79. The van der Waals surface area contributed by atoms with Crippen LogP contribution in [0.4, 0.5) is 0 Å². The molecule has 0 aromatic rings. The van der Waals surface area contributed by atoms with Crippen molar-refractivity contribution in [2.24, 2.45) is 5.92 Å². The van der Waals surface area contributed by atoms with Crippen LogP contribution in [0.5, 0.6) is 0 Å². The van der Waals surface area contributed by atoms with Crippen molar-refractivity contribution in [3.8, 4) is 0 Å². The molecule has 0 aromatic carbocycles. The Morgan fingerprint density at radius 1 is 1.19 bits per heavy atom. The standard InChI is InChI=1S/C13H23N2O/c16-13(15-9-2-1-3-10-15)7-6-12-5-4-8-14-11-12/h12H,1-11H2. The lowest BCUT2D eigenvalue weighted by atomic mass is 9.94. The zero-order valence-electron chi connectivity index (χ0n) is 10.2. The van der Waals surface area contributed by atoms with Crippen LogP contribution in [0.3, 0.4) is 0 Å². The van der Waals surface area contributed by atoms with Crippen LogP contribution in [0.15, 0.2) is 0 Å². The molecule has 1 atom stereocenters. The predicted octanol–water partition coefficient (Wildman–Crippen LogP) is 1.79. The molecule has 3 nitrogen and oxygen atoms in total. The molecule has 2 fully saturated rings. The Labute approximate surface area is 98.6 Å². The molecule has 16 heavy (non-hydrogen) atoms. The third-order valence-electron chi connectivity index (χ3n) is 3.79. The van der Waals surface area contributed by atoms with E-state index >= 15 is 0 Å². The van der Waals surface area contributed by atoms with E-state index in [4.69, 9.17) is 0 Å². The molecule has 2 aliphatic heterocycles. The van der Waals surface area contributed by atoms with E-state index in [1.54, 1.807) is 0 Å². The van der Waals surface area contributed by atoms with Gasteiger partial charge in [-0.2, -0.15) is 0 Å². The van der Waals surface area contributed by atoms with Gasteiger partial charge in [0.05, 0.1) is 0 Å².